The fourth-order valence-electron chi connectivity index (χ4n) is 2.46. The van der Waals surface area contributed by atoms with E-state index in [1.165, 1.54) is 16.4 Å². The van der Waals surface area contributed by atoms with Gasteiger partial charge in [0.1, 0.15) is 4.90 Å². The van der Waals surface area contributed by atoms with Crippen LogP contribution < -0.4 is 5.32 Å². The van der Waals surface area contributed by atoms with Gasteiger partial charge in [-0.05, 0) is 30.3 Å². The van der Waals surface area contributed by atoms with E-state index in [4.69, 9.17) is 16.3 Å². The smallest absolute Gasteiger partial charge is 0.338 e. The highest BCUT2D eigenvalue weighted by Gasteiger charge is 2.26. The summed E-state index contributed by atoms with van der Waals surface area (Å²) < 4.78 is 31.6. The van der Waals surface area contributed by atoms with Gasteiger partial charge in [-0.15, -0.1) is 0 Å². The normalized spacial score (nSPS) is 11.3. The molecule has 0 atom stereocenters. The van der Waals surface area contributed by atoms with Crippen molar-refractivity contribution in [1.29, 1.82) is 0 Å². The van der Waals surface area contributed by atoms with E-state index in [9.17, 15) is 18.0 Å². The number of rotatable bonds is 8. The van der Waals surface area contributed by atoms with Crippen molar-refractivity contribution in [1.82, 2.24) is 4.31 Å². The molecule has 0 heterocycles. The number of anilines is 1. The van der Waals surface area contributed by atoms with E-state index in [-0.39, 0.29) is 28.6 Å². The minimum Gasteiger partial charge on any atom is -0.452 e. The Balaban J connectivity index is 2.11. The lowest BCUT2D eigenvalue weighted by molar-refractivity contribution is -0.119. The predicted molar refractivity (Wildman–Crippen MR) is 107 cm³/mol. The molecule has 0 radical (unpaired) electrons. The van der Waals surface area contributed by atoms with Crippen LogP contribution in [-0.4, -0.2) is 44.3 Å². The van der Waals surface area contributed by atoms with E-state index in [0.29, 0.717) is 5.69 Å². The molecule has 0 aromatic heterocycles. The molecule has 0 aliphatic heterocycles. The van der Waals surface area contributed by atoms with Gasteiger partial charge in [-0.2, -0.15) is 4.31 Å². The Morgan fingerprint density at radius 2 is 1.71 bits per heavy atom. The summed E-state index contributed by atoms with van der Waals surface area (Å²) in [7, 11) is -3.85. The summed E-state index contributed by atoms with van der Waals surface area (Å²) in [6.07, 6.45) is 0. The Morgan fingerprint density at radius 1 is 1.07 bits per heavy atom. The number of hydrogen-bond acceptors (Lipinski definition) is 5. The van der Waals surface area contributed by atoms with Crippen LogP contribution in [0.5, 0.6) is 0 Å². The Labute approximate surface area is 169 Å². The molecule has 1 amide bonds. The molecular formula is C19H21ClN2O5S. The zero-order valence-corrected chi connectivity index (χ0v) is 17.1. The number of benzene rings is 2. The number of ether oxygens (including phenoxy) is 1. The van der Waals surface area contributed by atoms with Gasteiger partial charge in [-0.3, -0.25) is 4.79 Å². The molecule has 0 saturated heterocycles. The third-order valence-corrected chi connectivity index (χ3v) is 6.41. The van der Waals surface area contributed by atoms with Crippen molar-refractivity contribution in [3.63, 3.8) is 0 Å². The van der Waals surface area contributed by atoms with Gasteiger partial charge in [0.25, 0.3) is 5.91 Å². The SMILES string of the molecule is CCN(CC)S(=O)(=O)c1cc(C(=O)OCC(=O)Nc2ccccc2)ccc1Cl. The van der Waals surface area contributed by atoms with Crippen molar-refractivity contribution in [2.45, 2.75) is 18.7 Å². The summed E-state index contributed by atoms with van der Waals surface area (Å²) in [6.45, 7) is 3.44. The zero-order valence-electron chi connectivity index (χ0n) is 15.5. The Hall–Kier alpha value is -2.42. The second-order valence-electron chi connectivity index (χ2n) is 5.72. The number of sulfonamides is 1. The van der Waals surface area contributed by atoms with Gasteiger partial charge in [0.2, 0.25) is 10.0 Å². The van der Waals surface area contributed by atoms with E-state index in [2.05, 4.69) is 5.32 Å². The second kappa shape index (κ2) is 9.68. The van der Waals surface area contributed by atoms with Crippen LogP contribution >= 0.6 is 11.6 Å². The molecule has 2 aromatic rings. The summed E-state index contributed by atoms with van der Waals surface area (Å²) in [6, 6.07) is 12.5. The first-order chi connectivity index (χ1) is 13.3. The summed E-state index contributed by atoms with van der Waals surface area (Å²) in [5.74, 6) is -1.33. The van der Waals surface area contributed by atoms with Crippen LogP contribution in [0, 0.1) is 0 Å². The van der Waals surface area contributed by atoms with Gasteiger partial charge in [-0.1, -0.05) is 43.6 Å². The Kier molecular flexibility index (Phi) is 7.56. The van der Waals surface area contributed by atoms with Crippen LogP contribution in [0.15, 0.2) is 53.4 Å². The van der Waals surface area contributed by atoms with Crippen molar-refractivity contribution >= 4 is 39.2 Å². The summed E-state index contributed by atoms with van der Waals surface area (Å²) in [5.41, 5.74) is 0.560. The third kappa shape index (κ3) is 5.31. The lowest BCUT2D eigenvalue weighted by Crippen LogP contribution is -2.31. The minimum atomic E-state index is -3.85. The number of amides is 1. The van der Waals surface area contributed by atoms with E-state index in [0.717, 1.165) is 6.07 Å². The maximum Gasteiger partial charge on any atom is 0.338 e. The third-order valence-electron chi connectivity index (χ3n) is 3.88. The quantitative estimate of drug-likeness (QED) is 0.657. The van der Waals surface area contributed by atoms with Gasteiger partial charge in [0, 0.05) is 18.8 Å². The molecule has 7 nitrogen and oxygen atoms in total. The van der Waals surface area contributed by atoms with Gasteiger partial charge >= 0.3 is 5.97 Å². The molecule has 2 rings (SSSR count). The summed E-state index contributed by atoms with van der Waals surface area (Å²) in [4.78, 5) is 24.0. The first-order valence-electron chi connectivity index (χ1n) is 8.61. The van der Waals surface area contributed by atoms with E-state index in [1.807, 2.05) is 0 Å². The van der Waals surface area contributed by atoms with E-state index in [1.54, 1.807) is 44.2 Å². The number of hydrogen-bond donors (Lipinski definition) is 1. The fraction of sp³-hybridized carbons (Fsp3) is 0.263. The maximum absolute atomic E-state index is 12.7. The summed E-state index contributed by atoms with van der Waals surface area (Å²) >= 11 is 6.04. The molecule has 0 aliphatic carbocycles. The molecule has 150 valence electrons. The monoisotopic (exact) mass is 424 g/mol. The van der Waals surface area contributed by atoms with Crippen molar-refractivity contribution < 1.29 is 22.7 Å². The van der Waals surface area contributed by atoms with Crippen LogP contribution in [0.3, 0.4) is 0 Å². The lowest BCUT2D eigenvalue weighted by Gasteiger charge is -2.19. The standard InChI is InChI=1S/C19H21ClN2O5S/c1-3-22(4-2)28(25,26)17-12-14(10-11-16(17)20)19(24)27-13-18(23)21-15-8-6-5-7-9-15/h5-12H,3-4,13H2,1-2H3,(H,21,23). The van der Waals surface area contributed by atoms with E-state index < -0.39 is 28.5 Å². The zero-order chi connectivity index (χ0) is 20.7. The summed E-state index contributed by atoms with van der Waals surface area (Å²) in [5, 5.41) is 2.59. The predicted octanol–water partition coefficient (Wildman–Crippen LogP) is 3.17. The lowest BCUT2D eigenvalue weighted by atomic mass is 10.2. The van der Waals surface area contributed by atoms with Crippen molar-refractivity contribution in [2.24, 2.45) is 0 Å². The van der Waals surface area contributed by atoms with Gasteiger partial charge < -0.3 is 10.1 Å². The van der Waals surface area contributed by atoms with E-state index >= 15 is 0 Å². The largest absolute Gasteiger partial charge is 0.452 e. The average molecular weight is 425 g/mol. The number of nitrogens with zero attached hydrogens (tertiary/aromatic N) is 1. The van der Waals surface area contributed by atoms with Crippen LogP contribution in [0.4, 0.5) is 5.69 Å². The molecule has 0 fully saturated rings. The van der Waals surface area contributed by atoms with Crippen LogP contribution in [0.1, 0.15) is 24.2 Å². The first-order valence-corrected chi connectivity index (χ1v) is 10.4. The Morgan fingerprint density at radius 3 is 2.32 bits per heavy atom. The molecule has 0 unspecified atom stereocenters. The molecular weight excluding hydrogens is 404 g/mol. The topological polar surface area (TPSA) is 92.8 Å². The van der Waals surface area contributed by atoms with Crippen LogP contribution in [0.25, 0.3) is 0 Å². The molecule has 0 bridgehead atoms. The number of carbonyl (C=O) groups excluding carboxylic acids is 2. The first kappa shape index (κ1) is 21.9. The van der Waals surface area contributed by atoms with Gasteiger partial charge in [-0.25, -0.2) is 13.2 Å². The van der Waals surface area contributed by atoms with Crippen molar-refractivity contribution in [3.05, 3.63) is 59.1 Å². The highest BCUT2D eigenvalue weighted by Crippen LogP contribution is 2.26. The molecule has 1 N–H and O–H groups in total. The number of nitrogens with one attached hydrogen (secondary N) is 1. The number of esters is 1. The second-order valence-corrected chi connectivity index (χ2v) is 8.04. The Bertz CT molecular complexity index is 944. The molecule has 0 aliphatic rings. The molecule has 9 heteroatoms. The van der Waals surface area contributed by atoms with Crippen LogP contribution in [-0.2, 0) is 19.6 Å². The minimum absolute atomic E-state index is 0.00488. The molecule has 0 saturated carbocycles. The van der Waals surface area contributed by atoms with Crippen molar-refractivity contribution in [3.8, 4) is 0 Å². The number of carbonyl (C=O) groups is 2. The van der Waals surface area contributed by atoms with Gasteiger partial charge in [0.05, 0.1) is 10.6 Å². The average Bonchev–Trinajstić information content (AvgIpc) is 2.68. The maximum atomic E-state index is 12.7. The number of para-hydroxylation sites is 1. The molecule has 2 aromatic carbocycles. The molecule has 28 heavy (non-hydrogen) atoms. The fourth-order valence-corrected chi connectivity index (χ4v) is 4.42. The highest BCUT2D eigenvalue weighted by molar-refractivity contribution is 7.89. The highest BCUT2D eigenvalue weighted by atomic mass is 35.5. The van der Waals surface area contributed by atoms with Crippen molar-refractivity contribution in [2.75, 3.05) is 25.0 Å². The number of halogens is 1. The van der Waals surface area contributed by atoms with Gasteiger partial charge in [0.15, 0.2) is 6.61 Å². The van der Waals surface area contributed by atoms with Crippen LogP contribution in [0.2, 0.25) is 5.02 Å². The molecule has 0 spiro atoms.